The first-order valence-electron chi connectivity index (χ1n) is 6.32. The van der Waals surface area contributed by atoms with Crippen molar-refractivity contribution in [1.29, 1.82) is 0 Å². The van der Waals surface area contributed by atoms with E-state index in [-0.39, 0.29) is 16.8 Å². The van der Waals surface area contributed by atoms with Crippen LogP contribution in [0, 0.1) is 0 Å². The van der Waals surface area contributed by atoms with Gasteiger partial charge in [0.1, 0.15) is 0 Å². The molecule has 1 aromatic heterocycles. The van der Waals surface area contributed by atoms with Gasteiger partial charge in [0.15, 0.2) is 0 Å². The molecule has 2 aromatic rings. The van der Waals surface area contributed by atoms with Gasteiger partial charge in [0, 0.05) is 36.3 Å². The third kappa shape index (κ3) is 4.04. The molecule has 0 saturated carbocycles. The van der Waals surface area contributed by atoms with Gasteiger partial charge in [-0.3, -0.25) is 9.59 Å². The molecule has 1 unspecified atom stereocenters. The monoisotopic (exact) mass is 291 g/mol. The van der Waals surface area contributed by atoms with Gasteiger partial charge in [0.2, 0.25) is 5.91 Å². The van der Waals surface area contributed by atoms with Crippen molar-refractivity contribution >= 4 is 22.9 Å². The number of benzene rings is 1. The Bertz CT molecular complexity index is 648. The van der Waals surface area contributed by atoms with E-state index in [0.29, 0.717) is 6.54 Å². The van der Waals surface area contributed by atoms with E-state index in [1.54, 1.807) is 0 Å². The lowest BCUT2D eigenvalue weighted by molar-refractivity contribution is -0.114. The van der Waals surface area contributed by atoms with E-state index in [9.17, 15) is 9.59 Å². The van der Waals surface area contributed by atoms with Gasteiger partial charge < -0.3 is 15.6 Å². The van der Waals surface area contributed by atoms with E-state index in [1.165, 1.54) is 6.92 Å². The number of carbonyl (C=O) groups excluding carboxylic acids is 1. The average molecular weight is 291 g/mol. The number of H-pyrrole nitrogens is 1. The van der Waals surface area contributed by atoms with Gasteiger partial charge in [-0.05, 0) is 24.6 Å². The highest BCUT2D eigenvalue weighted by Gasteiger charge is 2.07. The van der Waals surface area contributed by atoms with Crippen molar-refractivity contribution in [2.45, 2.75) is 26.4 Å². The van der Waals surface area contributed by atoms with Crippen molar-refractivity contribution in [1.82, 2.24) is 10.3 Å². The molecule has 0 radical (unpaired) electrons. The summed E-state index contributed by atoms with van der Waals surface area (Å²) in [6, 6.07) is 7.82. The summed E-state index contributed by atoms with van der Waals surface area (Å²) in [4.78, 5) is 24.8. The number of hydrogen-bond donors (Lipinski definition) is 3. The van der Waals surface area contributed by atoms with Crippen LogP contribution in [-0.4, -0.2) is 10.9 Å². The average Bonchev–Trinajstić information content (AvgIpc) is 2.81. The summed E-state index contributed by atoms with van der Waals surface area (Å²) in [6.07, 6.45) is 0. The lowest BCUT2D eigenvalue weighted by atomic mass is 10.1. The fraction of sp³-hybridized carbons (Fsp3) is 0.286. The van der Waals surface area contributed by atoms with Gasteiger partial charge in [0.25, 0.3) is 0 Å². The van der Waals surface area contributed by atoms with Crippen molar-refractivity contribution < 1.29 is 4.79 Å². The molecule has 1 atom stereocenters. The van der Waals surface area contributed by atoms with E-state index in [1.807, 2.05) is 36.6 Å². The van der Waals surface area contributed by atoms with E-state index in [0.717, 1.165) is 28.3 Å². The maximum atomic E-state index is 11.0. The van der Waals surface area contributed by atoms with E-state index in [4.69, 9.17) is 0 Å². The Kier molecular flexibility index (Phi) is 4.70. The van der Waals surface area contributed by atoms with Crippen LogP contribution in [-0.2, 0) is 11.3 Å². The molecule has 0 aliphatic carbocycles. The molecule has 0 fully saturated rings. The number of aromatic nitrogens is 1. The minimum Gasteiger partial charge on any atom is -0.326 e. The van der Waals surface area contributed by atoms with Crippen molar-refractivity contribution in [2.75, 3.05) is 5.32 Å². The molecular formula is C14H17N3O2S. The summed E-state index contributed by atoms with van der Waals surface area (Å²) in [5, 5.41) is 7.91. The third-order valence-electron chi connectivity index (χ3n) is 2.88. The second-order valence-corrected chi connectivity index (χ2v) is 5.42. The molecule has 2 rings (SSSR count). The normalized spacial score (nSPS) is 12.1. The minimum atomic E-state index is -0.0846. The van der Waals surface area contributed by atoms with Gasteiger partial charge in [-0.1, -0.05) is 23.5 Å². The standard InChI is InChI=1S/C14H17N3O2S/c1-9(15-7-13-8-20-14(19)17-13)11-4-3-5-12(6-11)16-10(2)18/h3-6,8-9,15H,7H2,1-2H3,(H,16,18)(H,17,19). The Morgan fingerprint density at radius 3 is 2.90 bits per heavy atom. The third-order valence-corrected chi connectivity index (χ3v) is 3.60. The first-order chi connectivity index (χ1) is 9.54. The molecule has 0 spiro atoms. The van der Waals surface area contributed by atoms with Gasteiger partial charge in [-0.25, -0.2) is 0 Å². The van der Waals surface area contributed by atoms with Crippen molar-refractivity contribution in [2.24, 2.45) is 0 Å². The molecule has 0 saturated heterocycles. The minimum absolute atomic E-state index is 0.0397. The first-order valence-corrected chi connectivity index (χ1v) is 7.20. The fourth-order valence-electron chi connectivity index (χ4n) is 1.87. The lowest BCUT2D eigenvalue weighted by Gasteiger charge is -2.14. The number of nitrogens with one attached hydrogen (secondary N) is 3. The maximum absolute atomic E-state index is 11.0. The van der Waals surface area contributed by atoms with Crippen molar-refractivity contribution in [3.05, 3.63) is 50.6 Å². The molecule has 1 aromatic carbocycles. The van der Waals surface area contributed by atoms with Gasteiger partial charge in [0.05, 0.1) is 0 Å². The zero-order valence-electron chi connectivity index (χ0n) is 11.4. The summed E-state index contributed by atoms with van der Waals surface area (Å²) < 4.78 is 0. The van der Waals surface area contributed by atoms with Crippen molar-refractivity contribution in [3.8, 4) is 0 Å². The van der Waals surface area contributed by atoms with Crippen LogP contribution in [0.1, 0.15) is 31.1 Å². The van der Waals surface area contributed by atoms with Gasteiger partial charge in [-0.15, -0.1) is 0 Å². The molecule has 1 heterocycles. The molecule has 0 aliphatic rings. The van der Waals surface area contributed by atoms with Gasteiger partial charge >= 0.3 is 4.87 Å². The SMILES string of the molecule is CC(=O)Nc1cccc(C(C)NCc2csc(=O)[nH]2)c1. The van der Waals surface area contributed by atoms with Crippen LogP contribution < -0.4 is 15.5 Å². The maximum Gasteiger partial charge on any atom is 0.304 e. The molecule has 6 heteroatoms. The van der Waals surface area contributed by atoms with Crippen molar-refractivity contribution in [3.63, 3.8) is 0 Å². The lowest BCUT2D eigenvalue weighted by Crippen LogP contribution is -2.19. The number of hydrogen-bond acceptors (Lipinski definition) is 4. The molecule has 3 N–H and O–H groups in total. The van der Waals surface area contributed by atoms with E-state index >= 15 is 0 Å². The summed E-state index contributed by atoms with van der Waals surface area (Å²) >= 11 is 1.16. The smallest absolute Gasteiger partial charge is 0.304 e. The Labute approximate surface area is 121 Å². The van der Waals surface area contributed by atoms with Crippen LogP contribution in [0.2, 0.25) is 0 Å². The number of thiazole rings is 1. The van der Waals surface area contributed by atoms with E-state index < -0.39 is 0 Å². The van der Waals surface area contributed by atoms with Crippen LogP contribution in [0.15, 0.2) is 34.4 Å². The summed E-state index contributed by atoms with van der Waals surface area (Å²) in [5.74, 6) is -0.0846. The number of amides is 1. The highest BCUT2D eigenvalue weighted by molar-refractivity contribution is 7.07. The largest absolute Gasteiger partial charge is 0.326 e. The van der Waals surface area contributed by atoms with Crippen LogP contribution in [0.3, 0.4) is 0 Å². The Morgan fingerprint density at radius 2 is 2.25 bits per heavy atom. The zero-order valence-corrected chi connectivity index (χ0v) is 12.2. The predicted molar refractivity (Wildman–Crippen MR) is 80.9 cm³/mol. The molecule has 1 amide bonds. The zero-order chi connectivity index (χ0) is 14.5. The topological polar surface area (TPSA) is 74.0 Å². The summed E-state index contributed by atoms with van der Waals surface area (Å²) in [5.41, 5.74) is 2.74. The quantitative estimate of drug-likeness (QED) is 0.791. The molecule has 5 nitrogen and oxygen atoms in total. The van der Waals surface area contributed by atoms with Gasteiger partial charge in [-0.2, -0.15) is 0 Å². The van der Waals surface area contributed by atoms with Crippen LogP contribution >= 0.6 is 11.3 Å². The Balaban J connectivity index is 1.99. The Morgan fingerprint density at radius 1 is 1.45 bits per heavy atom. The molecular weight excluding hydrogens is 274 g/mol. The first kappa shape index (κ1) is 14.5. The number of carbonyl (C=O) groups is 1. The summed E-state index contributed by atoms with van der Waals surface area (Å²) in [6.45, 7) is 4.13. The number of anilines is 1. The number of rotatable bonds is 5. The van der Waals surface area contributed by atoms with Crippen LogP contribution in [0.5, 0.6) is 0 Å². The Hall–Kier alpha value is -1.92. The number of aromatic amines is 1. The molecule has 0 aliphatic heterocycles. The molecule has 0 bridgehead atoms. The molecule has 106 valence electrons. The molecule has 20 heavy (non-hydrogen) atoms. The highest BCUT2D eigenvalue weighted by atomic mass is 32.1. The van der Waals surface area contributed by atoms with Crippen LogP contribution in [0.25, 0.3) is 0 Å². The highest BCUT2D eigenvalue weighted by Crippen LogP contribution is 2.17. The fourth-order valence-corrected chi connectivity index (χ4v) is 2.45. The summed E-state index contributed by atoms with van der Waals surface area (Å²) in [7, 11) is 0. The second-order valence-electron chi connectivity index (χ2n) is 4.58. The second kappa shape index (κ2) is 6.49. The van der Waals surface area contributed by atoms with Crippen LogP contribution in [0.4, 0.5) is 5.69 Å². The predicted octanol–water partition coefficient (Wildman–Crippen LogP) is 2.25. The van der Waals surface area contributed by atoms with E-state index in [2.05, 4.69) is 15.6 Å².